The zero-order chi connectivity index (χ0) is 21.4. The first-order valence-corrected chi connectivity index (χ1v) is 10.8. The average molecular weight is 546 g/mol. The summed E-state index contributed by atoms with van der Waals surface area (Å²) in [5.41, 5.74) is 3.27. The molecule has 0 fully saturated rings. The Hall–Kier alpha value is -1.85. The summed E-state index contributed by atoms with van der Waals surface area (Å²) in [6.07, 6.45) is 0.842. The second-order valence-electron chi connectivity index (χ2n) is 6.84. The van der Waals surface area contributed by atoms with Crippen LogP contribution in [-0.2, 0) is 23.0 Å². The molecule has 2 rings (SSSR count). The molecule has 0 atom stereocenters. The number of aryl methyl sites for hydroxylation is 1. The van der Waals surface area contributed by atoms with E-state index < -0.39 is 10.0 Å². The number of aliphatic imine (C=N–C) groups is 1. The van der Waals surface area contributed by atoms with Gasteiger partial charge in [0.25, 0.3) is 0 Å². The molecule has 0 spiro atoms. The molecule has 30 heavy (non-hydrogen) atoms. The maximum absolute atomic E-state index is 12.1. The summed E-state index contributed by atoms with van der Waals surface area (Å²) in [5.74, 6) is 1.58. The van der Waals surface area contributed by atoms with E-state index in [2.05, 4.69) is 33.8 Å². The normalized spacial score (nSPS) is 11.7. The van der Waals surface area contributed by atoms with Gasteiger partial charge in [0.15, 0.2) is 5.96 Å². The highest BCUT2D eigenvalue weighted by Gasteiger charge is 2.16. The van der Waals surface area contributed by atoms with Crippen LogP contribution in [0.25, 0.3) is 0 Å². The van der Waals surface area contributed by atoms with Crippen LogP contribution in [0.4, 0.5) is 0 Å². The van der Waals surface area contributed by atoms with E-state index in [9.17, 15) is 8.42 Å². The first-order valence-electron chi connectivity index (χ1n) is 9.37. The predicted octanol–water partition coefficient (Wildman–Crippen LogP) is 2.78. The summed E-state index contributed by atoms with van der Waals surface area (Å²) in [4.78, 5) is 4.51. The van der Waals surface area contributed by atoms with Crippen molar-refractivity contribution in [3.8, 4) is 5.75 Å². The van der Waals surface area contributed by atoms with Crippen molar-refractivity contribution < 1.29 is 13.2 Å². The molecule has 2 aromatic rings. The Kier molecular flexibility index (Phi) is 10.6. The number of nitrogens with zero attached hydrogens (tertiary/aromatic N) is 2. The van der Waals surface area contributed by atoms with E-state index in [4.69, 9.17) is 4.74 Å². The Labute approximate surface area is 197 Å². The number of methoxy groups -OCH3 is 1. The minimum atomic E-state index is -3.41. The fourth-order valence-corrected chi connectivity index (χ4v) is 3.64. The Balaban J connectivity index is 0.00000450. The highest BCUT2D eigenvalue weighted by molar-refractivity contribution is 14.0. The molecule has 0 heterocycles. The smallest absolute Gasteiger partial charge is 0.242 e. The summed E-state index contributed by atoms with van der Waals surface area (Å²) in [6, 6.07) is 13.0. The van der Waals surface area contributed by atoms with Crippen molar-refractivity contribution in [2.24, 2.45) is 4.99 Å². The Morgan fingerprint density at radius 3 is 2.27 bits per heavy atom. The third-order valence-corrected chi connectivity index (χ3v) is 6.39. The maximum Gasteiger partial charge on any atom is 0.242 e. The van der Waals surface area contributed by atoms with E-state index in [1.165, 1.54) is 24.0 Å². The molecule has 0 unspecified atom stereocenters. The van der Waals surface area contributed by atoms with Gasteiger partial charge in [-0.1, -0.05) is 24.3 Å². The second-order valence-corrected chi connectivity index (χ2v) is 8.99. The van der Waals surface area contributed by atoms with Crippen LogP contribution in [0.5, 0.6) is 5.75 Å². The first-order chi connectivity index (χ1) is 13.8. The number of sulfonamides is 1. The number of hydrogen-bond donors (Lipinski definition) is 2. The van der Waals surface area contributed by atoms with Gasteiger partial charge in [-0.3, -0.25) is 4.99 Å². The highest BCUT2D eigenvalue weighted by Crippen LogP contribution is 2.19. The number of ether oxygens (including phenoxy) is 1. The van der Waals surface area contributed by atoms with Crippen LogP contribution >= 0.6 is 24.0 Å². The van der Waals surface area contributed by atoms with E-state index in [0.717, 1.165) is 29.8 Å². The molecule has 0 aliphatic rings. The van der Waals surface area contributed by atoms with Crippen LogP contribution in [0.15, 0.2) is 52.4 Å². The number of guanidine groups is 1. The van der Waals surface area contributed by atoms with Crippen molar-refractivity contribution in [3.63, 3.8) is 0 Å². The molecule has 0 radical (unpaired) electrons. The molecule has 0 amide bonds. The largest absolute Gasteiger partial charge is 0.496 e. The van der Waals surface area contributed by atoms with E-state index in [0.29, 0.717) is 12.5 Å². The number of nitrogens with one attached hydrogen (secondary N) is 2. The van der Waals surface area contributed by atoms with Gasteiger partial charge in [-0.25, -0.2) is 12.7 Å². The van der Waals surface area contributed by atoms with Gasteiger partial charge in [0.1, 0.15) is 5.75 Å². The fourth-order valence-electron chi connectivity index (χ4n) is 2.74. The average Bonchev–Trinajstić information content (AvgIpc) is 2.71. The van der Waals surface area contributed by atoms with Gasteiger partial charge in [-0.2, -0.15) is 0 Å². The lowest BCUT2D eigenvalue weighted by molar-refractivity contribution is 0.411. The lowest BCUT2D eigenvalue weighted by atomic mass is 10.1. The quantitative estimate of drug-likeness (QED) is 0.303. The van der Waals surface area contributed by atoms with Crippen LogP contribution in [-0.4, -0.2) is 53.5 Å². The Morgan fingerprint density at radius 1 is 1.07 bits per heavy atom. The van der Waals surface area contributed by atoms with E-state index >= 15 is 0 Å². The number of hydrogen-bond acceptors (Lipinski definition) is 4. The third-order valence-electron chi connectivity index (χ3n) is 4.56. The van der Waals surface area contributed by atoms with Gasteiger partial charge < -0.3 is 15.4 Å². The molecule has 0 aliphatic heterocycles. The summed E-state index contributed by atoms with van der Waals surface area (Å²) < 4.78 is 30.8. The van der Waals surface area contributed by atoms with Crippen LogP contribution in [0.1, 0.15) is 16.7 Å². The molecule has 0 aromatic heterocycles. The van der Waals surface area contributed by atoms with Crippen molar-refractivity contribution in [3.05, 3.63) is 59.2 Å². The van der Waals surface area contributed by atoms with Crippen molar-refractivity contribution in [1.82, 2.24) is 14.9 Å². The van der Waals surface area contributed by atoms with E-state index in [1.54, 1.807) is 38.4 Å². The lowest BCUT2D eigenvalue weighted by Gasteiger charge is -2.14. The maximum atomic E-state index is 12.1. The molecule has 0 saturated heterocycles. The molecule has 2 aromatic carbocycles. The standard InChI is InChI=1S/C21H30N4O3S.HI/c1-16-6-7-17(14-20(16)28-5)12-13-23-21(22-2)24-15-18-8-10-19(11-9-18)29(26,27)25(3)4;/h6-11,14H,12-13,15H2,1-5H3,(H2,22,23,24);1H. The second kappa shape index (κ2) is 12.1. The van der Waals surface area contributed by atoms with Crippen LogP contribution in [0, 0.1) is 6.92 Å². The van der Waals surface area contributed by atoms with Gasteiger partial charge in [0.05, 0.1) is 12.0 Å². The van der Waals surface area contributed by atoms with E-state index in [-0.39, 0.29) is 28.9 Å². The van der Waals surface area contributed by atoms with Crippen LogP contribution in [0.2, 0.25) is 0 Å². The van der Waals surface area contributed by atoms with E-state index in [1.807, 2.05) is 6.92 Å². The topological polar surface area (TPSA) is 83.0 Å². The first kappa shape index (κ1) is 26.2. The van der Waals surface area contributed by atoms with Crippen molar-refractivity contribution in [2.45, 2.75) is 24.8 Å². The zero-order valence-electron chi connectivity index (χ0n) is 18.1. The minimum absolute atomic E-state index is 0. The highest BCUT2D eigenvalue weighted by atomic mass is 127. The lowest BCUT2D eigenvalue weighted by Crippen LogP contribution is -2.37. The van der Waals surface area contributed by atoms with Gasteiger partial charge in [0, 0.05) is 34.2 Å². The molecule has 7 nitrogen and oxygen atoms in total. The summed E-state index contributed by atoms with van der Waals surface area (Å²) in [6.45, 7) is 3.29. The summed E-state index contributed by atoms with van der Waals surface area (Å²) >= 11 is 0. The van der Waals surface area contributed by atoms with Gasteiger partial charge in [-0.15, -0.1) is 24.0 Å². The minimum Gasteiger partial charge on any atom is -0.496 e. The van der Waals surface area contributed by atoms with Crippen LogP contribution < -0.4 is 15.4 Å². The van der Waals surface area contributed by atoms with Gasteiger partial charge >= 0.3 is 0 Å². The molecular formula is C21H31IN4O3S. The summed E-state index contributed by atoms with van der Waals surface area (Å²) in [7, 11) is 3.03. The number of rotatable bonds is 8. The van der Waals surface area contributed by atoms with Crippen molar-refractivity contribution in [1.29, 1.82) is 0 Å². The van der Waals surface area contributed by atoms with Gasteiger partial charge in [-0.05, 0) is 48.2 Å². The third kappa shape index (κ3) is 7.13. The van der Waals surface area contributed by atoms with Crippen molar-refractivity contribution >= 4 is 40.0 Å². The molecule has 2 N–H and O–H groups in total. The van der Waals surface area contributed by atoms with Crippen molar-refractivity contribution in [2.75, 3.05) is 34.8 Å². The number of halogens is 1. The van der Waals surface area contributed by atoms with Gasteiger partial charge in [0.2, 0.25) is 10.0 Å². The summed E-state index contributed by atoms with van der Waals surface area (Å²) in [5, 5.41) is 6.53. The monoisotopic (exact) mass is 546 g/mol. The fraction of sp³-hybridized carbons (Fsp3) is 0.381. The molecule has 166 valence electrons. The molecular weight excluding hydrogens is 515 g/mol. The zero-order valence-corrected chi connectivity index (χ0v) is 21.2. The molecule has 0 saturated carbocycles. The molecule has 0 bridgehead atoms. The molecule has 0 aliphatic carbocycles. The Bertz CT molecular complexity index is 945. The molecule has 9 heteroatoms. The van der Waals surface area contributed by atoms with Crippen LogP contribution in [0.3, 0.4) is 0 Å². The number of benzene rings is 2. The Morgan fingerprint density at radius 2 is 1.70 bits per heavy atom. The SMILES string of the molecule is CN=C(NCCc1ccc(C)c(OC)c1)NCc1ccc(S(=O)(=O)N(C)C)cc1.I. The predicted molar refractivity (Wildman–Crippen MR) is 132 cm³/mol.